The van der Waals surface area contributed by atoms with Crippen molar-refractivity contribution in [1.82, 2.24) is 0 Å². The predicted octanol–water partition coefficient (Wildman–Crippen LogP) is 5.10. The summed E-state index contributed by atoms with van der Waals surface area (Å²) < 4.78 is 1.00. The smallest absolute Gasteiger partial charge is 0.0675 e. The van der Waals surface area contributed by atoms with Crippen LogP contribution in [0.15, 0.2) is 12.2 Å². The molecule has 150 valence electrons. The molecule has 0 fully saturated rings. The topological polar surface area (TPSA) is 40.1 Å². The van der Waals surface area contributed by atoms with Gasteiger partial charge in [-0.1, -0.05) is 70.4 Å². The van der Waals surface area contributed by atoms with Crippen LogP contribution >= 0.6 is 0 Å². The molecule has 0 aliphatic rings. The van der Waals surface area contributed by atoms with Gasteiger partial charge in [0.15, 0.2) is 0 Å². The fourth-order valence-corrected chi connectivity index (χ4v) is 2.34. The fourth-order valence-electron chi connectivity index (χ4n) is 2.34. The van der Waals surface area contributed by atoms with E-state index in [0.717, 1.165) is 23.7 Å². The molecule has 0 aliphatic heterocycles. The third-order valence-electron chi connectivity index (χ3n) is 3.64. The summed E-state index contributed by atoms with van der Waals surface area (Å²) in [6.07, 6.45) is 20.9. The molecule has 0 atom stereocenters. The normalized spacial score (nSPS) is 11.4. The quantitative estimate of drug-likeness (QED) is 0.233. The van der Waals surface area contributed by atoms with Gasteiger partial charge in [-0.05, 0) is 38.5 Å². The number of carbonyl (C=O) groups is 1. The van der Waals surface area contributed by atoms with Crippen molar-refractivity contribution in [2.24, 2.45) is 0 Å². The van der Waals surface area contributed by atoms with Gasteiger partial charge in [0, 0.05) is 5.97 Å². The first-order valence-electron chi connectivity index (χ1n) is 10.4. The van der Waals surface area contributed by atoms with E-state index in [1.165, 1.54) is 64.2 Å². The maximum atomic E-state index is 10.2. The van der Waals surface area contributed by atoms with Crippen LogP contribution < -0.4 is 5.11 Å². The van der Waals surface area contributed by atoms with E-state index in [1.54, 1.807) is 0 Å². The minimum atomic E-state index is -0.914. The van der Waals surface area contributed by atoms with Crippen molar-refractivity contribution in [3.8, 4) is 0 Å². The Morgan fingerprint density at radius 1 is 0.720 bits per heavy atom. The zero-order valence-corrected chi connectivity index (χ0v) is 17.8. The number of rotatable bonds is 15. The summed E-state index contributed by atoms with van der Waals surface area (Å²) >= 11 is 0. The summed E-state index contributed by atoms with van der Waals surface area (Å²) in [5.74, 6) is -0.914. The number of carboxylic acids is 1. The summed E-state index contributed by atoms with van der Waals surface area (Å²) in [5, 5.41) is 10.2. The third kappa shape index (κ3) is 39.7. The molecule has 0 N–H and O–H groups in total. The lowest BCUT2D eigenvalue weighted by Crippen LogP contribution is -2.27. The van der Waals surface area contributed by atoms with Gasteiger partial charge in [-0.15, -0.1) is 0 Å². The van der Waals surface area contributed by atoms with Crippen LogP contribution in [0.3, 0.4) is 0 Å². The Morgan fingerprint density at radius 3 is 1.48 bits per heavy atom. The van der Waals surface area contributed by atoms with E-state index in [-0.39, 0.29) is 6.42 Å². The maximum Gasteiger partial charge on any atom is 0.0675 e. The maximum absolute atomic E-state index is 10.2. The van der Waals surface area contributed by atoms with Crippen molar-refractivity contribution in [3.05, 3.63) is 12.2 Å². The molecule has 0 aliphatic carbocycles. The third-order valence-corrected chi connectivity index (χ3v) is 3.64. The first-order chi connectivity index (χ1) is 11.8. The minimum Gasteiger partial charge on any atom is -0.550 e. The molecule has 3 heteroatoms. The minimum absolute atomic E-state index is 0.220. The molecule has 0 saturated carbocycles. The van der Waals surface area contributed by atoms with Crippen molar-refractivity contribution in [2.75, 3.05) is 28.2 Å². The second-order valence-corrected chi connectivity index (χ2v) is 8.39. The van der Waals surface area contributed by atoms with Crippen molar-refractivity contribution < 1.29 is 14.4 Å². The Morgan fingerprint density at radius 2 is 1.08 bits per heavy atom. The molecule has 0 spiro atoms. The van der Waals surface area contributed by atoms with Gasteiger partial charge in [-0.25, -0.2) is 0 Å². The van der Waals surface area contributed by atoms with Crippen molar-refractivity contribution >= 4 is 5.97 Å². The summed E-state index contributed by atoms with van der Waals surface area (Å²) in [5.41, 5.74) is 0. The first-order valence-corrected chi connectivity index (χ1v) is 10.4. The molecule has 3 nitrogen and oxygen atoms in total. The van der Waals surface area contributed by atoms with Crippen molar-refractivity contribution in [2.45, 2.75) is 96.8 Å². The van der Waals surface area contributed by atoms with Gasteiger partial charge in [-0.3, -0.25) is 0 Å². The zero-order chi connectivity index (χ0) is 19.4. The molecular weight excluding hydrogens is 310 g/mol. The largest absolute Gasteiger partial charge is 0.550 e. The lowest BCUT2D eigenvalue weighted by atomic mass is 10.1. The standard InChI is InChI=1S/C18H34O2.C4H12N/c1-2-3-4-5-6-7-8-9-10-11-12-13-14-15-16-17-18(19)20;1-5(2,3)4/h9-10H,2-8,11-17H2,1H3,(H,19,20);1-4H3/q;+1/p-1. The number of quaternary nitrogens is 1. The molecule has 0 bridgehead atoms. The van der Waals surface area contributed by atoms with E-state index < -0.39 is 5.97 Å². The lowest BCUT2D eigenvalue weighted by Gasteiger charge is -2.14. The number of hydrogen-bond donors (Lipinski definition) is 0. The van der Waals surface area contributed by atoms with Crippen LogP contribution in [0.5, 0.6) is 0 Å². The van der Waals surface area contributed by atoms with Gasteiger partial charge >= 0.3 is 0 Å². The number of carboxylic acid groups (broad SMARTS) is 1. The molecule has 0 amide bonds. The van der Waals surface area contributed by atoms with Crippen LogP contribution in [0.25, 0.3) is 0 Å². The number of hydrogen-bond acceptors (Lipinski definition) is 2. The van der Waals surface area contributed by atoms with Gasteiger partial charge in [0.05, 0.1) is 28.2 Å². The Kier molecular flexibility index (Phi) is 20.6. The Labute approximate surface area is 158 Å². The fraction of sp³-hybridized carbons (Fsp3) is 0.864. The van der Waals surface area contributed by atoms with E-state index in [1.807, 2.05) is 0 Å². The highest BCUT2D eigenvalue weighted by Crippen LogP contribution is 2.09. The van der Waals surface area contributed by atoms with E-state index in [9.17, 15) is 9.90 Å². The average Bonchev–Trinajstić information content (AvgIpc) is 2.49. The zero-order valence-electron chi connectivity index (χ0n) is 17.8. The molecular formula is C22H45NO2. The van der Waals surface area contributed by atoms with Gasteiger partial charge in [0.1, 0.15) is 0 Å². The molecule has 25 heavy (non-hydrogen) atoms. The molecule has 0 aromatic heterocycles. The summed E-state index contributed by atoms with van der Waals surface area (Å²) in [4.78, 5) is 10.2. The van der Waals surface area contributed by atoms with Gasteiger partial charge in [-0.2, -0.15) is 0 Å². The van der Waals surface area contributed by atoms with Crippen LogP contribution in [0.4, 0.5) is 0 Å². The first kappa shape index (κ1) is 26.4. The van der Waals surface area contributed by atoms with E-state index in [0.29, 0.717) is 0 Å². The second kappa shape index (κ2) is 19.5. The summed E-state index contributed by atoms with van der Waals surface area (Å²) in [7, 11) is 8.50. The molecule has 0 unspecified atom stereocenters. The van der Waals surface area contributed by atoms with Crippen LogP contribution in [0.2, 0.25) is 0 Å². The highest BCUT2D eigenvalue weighted by molar-refractivity contribution is 5.63. The second-order valence-electron chi connectivity index (χ2n) is 8.39. The Balaban J connectivity index is 0. The SMILES string of the molecule is CCCCCCCCC=CCCCCCCCC(=O)[O-].C[N+](C)(C)C. The molecule has 0 saturated heterocycles. The van der Waals surface area contributed by atoms with Gasteiger partial charge < -0.3 is 14.4 Å². The van der Waals surface area contributed by atoms with Gasteiger partial charge in [0.2, 0.25) is 0 Å². The summed E-state index contributed by atoms with van der Waals surface area (Å²) in [6, 6.07) is 0. The van der Waals surface area contributed by atoms with E-state index >= 15 is 0 Å². The number of unbranched alkanes of at least 4 members (excludes halogenated alkanes) is 11. The highest BCUT2D eigenvalue weighted by atomic mass is 16.4. The molecule has 0 aromatic rings. The van der Waals surface area contributed by atoms with E-state index in [4.69, 9.17) is 0 Å². The summed E-state index contributed by atoms with van der Waals surface area (Å²) in [6.45, 7) is 2.26. The van der Waals surface area contributed by atoms with Crippen LogP contribution in [0, 0.1) is 0 Å². The monoisotopic (exact) mass is 355 g/mol. The Hall–Kier alpha value is -0.830. The number of allylic oxidation sites excluding steroid dienone is 2. The molecule has 0 heterocycles. The Bertz CT molecular complexity index is 300. The number of aliphatic carboxylic acids is 1. The lowest BCUT2D eigenvalue weighted by molar-refractivity contribution is -0.849. The number of nitrogens with zero attached hydrogens (tertiary/aromatic N) is 1. The van der Waals surface area contributed by atoms with Crippen molar-refractivity contribution in [3.63, 3.8) is 0 Å². The average molecular weight is 356 g/mol. The van der Waals surface area contributed by atoms with Crippen molar-refractivity contribution in [1.29, 1.82) is 0 Å². The highest BCUT2D eigenvalue weighted by Gasteiger charge is 1.91. The number of carbonyl (C=O) groups excluding carboxylic acids is 1. The predicted molar refractivity (Wildman–Crippen MR) is 108 cm³/mol. The van der Waals surface area contributed by atoms with Crippen LogP contribution in [0.1, 0.15) is 96.8 Å². The molecule has 0 aromatic carbocycles. The van der Waals surface area contributed by atoms with E-state index in [2.05, 4.69) is 47.3 Å². The molecule has 0 rings (SSSR count). The van der Waals surface area contributed by atoms with Crippen LogP contribution in [-0.2, 0) is 4.79 Å². The molecule has 0 radical (unpaired) electrons. The van der Waals surface area contributed by atoms with Crippen LogP contribution in [-0.4, -0.2) is 38.6 Å². The van der Waals surface area contributed by atoms with Gasteiger partial charge in [0.25, 0.3) is 0 Å².